The van der Waals surface area contributed by atoms with Crippen LogP contribution in [0.5, 0.6) is 11.5 Å². The number of urea groups is 1. The Balaban J connectivity index is 1.07. The zero-order valence-corrected chi connectivity index (χ0v) is 29.8. The van der Waals surface area contributed by atoms with Crippen molar-refractivity contribution in [1.82, 2.24) is 10.6 Å². The van der Waals surface area contributed by atoms with E-state index in [4.69, 9.17) is 0 Å². The summed E-state index contributed by atoms with van der Waals surface area (Å²) < 4.78 is 64.6. The van der Waals surface area contributed by atoms with Crippen LogP contribution < -0.4 is 21.3 Å². The number of aryl methyl sites for hydroxylation is 2. The van der Waals surface area contributed by atoms with E-state index in [9.17, 15) is 50.5 Å². The van der Waals surface area contributed by atoms with Crippen molar-refractivity contribution < 1.29 is 50.5 Å². The van der Waals surface area contributed by atoms with Gasteiger partial charge in [-0.3, -0.25) is 29.3 Å². The SMILES string of the molecule is Cc1cc(Nc2ccc3c(O)c(S(=O)(=O)O)ccc3c2)ccc1C(=O)NC(=O)NC(=O)c1ccc(Nc2ccc3c(O)c(S(=O)(=O)O)ccc3c2)cc1C. The monoisotopic (exact) mass is 770 g/mol. The van der Waals surface area contributed by atoms with Crippen LogP contribution >= 0.6 is 0 Å². The Morgan fingerprint density at radius 3 is 1.20 bits per heavy atom. The van der Waals surface area contributed by atoms with Crippen LogP contribution in [0.3, 0.4) is 0 Å². The van der Waals surface area contributed by atoms with Gasteiger partial charge in [0.2, 0.25) is 0 Å². The standard InChI is InChI=1S/C37H30N4O11S2/c1-19-15-23(38-25-7-11-29-21(17-25)3-13-31(33(29)42)53(47,48)49)5-9-27(19)35(44)40-37(46)41-36(45)28-10-6-24(16-20(28)2)39-26-8-12-30-22(18-26)4-14-32(34(30)43)54(50,51)52/h3-18,38-39,42-43H,1-2H3,(H,47,48,49)(H,50,51,52)(H2,40,41,44,45,46). The van der Waals surface area contributed by atoms with E-state index in [1.807, 2.05) is 0 Å². The minimum absolute atomic E-state index is 0.165. The first-order valence-corrected chi connectivity index (χ1v) is 18.7. The molecule has 6 aromatic carbocycles. The molecule has 0 spiro atoms. The summed E-state index contributed by atoms with van der Waals surface area (Å²) in [5.41, 5.74) is 3.62. The molecule has 0 saturated carbocycles. The number of anilines is 4. The number of carbonyl (C=O) groups excluding carboxylic acids is 3. The summed E-state index contributed by atoms with van der Waals surface area (Å²) in [4.78, 5) is 37.3. The highest BCUT2D eigenvalue weighted by atomic mass is 32.2. The molecule has 4 amide bonds. The lowest BCUT2D eigenvalue weighted by Gasteiger charge is -2.13. The second kappa shape index (κ2) is 14.1. The molecule has 6 rings (SSSR count). The number of hydrogen-bond acceptors (Lipinski definition) is 11. The van der Waals surface area contributed by atoms with Crippen LogP contribution in [0.25, 0.3) is 21.5 Å². The normalized spacial score (nSPS) is 11.6. The Bertz CT molecular complexity index is 2600. The van der Waals surface area contributed by atoms with Crippen molar-refractivity contribution in [2.45, 2.75) is 23.6 Å². The van der Waals surface area contributed by atoms with Gasteiger partial charge in [-0.25, -0.2) is 4.79 Å². The van der Waals surface area contributed by atoms with E-state index in [0.29, 0.717) is 44.6 Å². The number of nitrogens with one attached hydrogen (secondary N) is 4. The summed E-state index contributed by atoms with van der Waals surface area (Å²) in [6.07, 6.45) is 0. The summed E-state index contributed by atoms with van der Waals surface area (Å²) in [7, 11) is -9.22. The zero-order chi connectivity index (χ0) is 39.1. The van der Waals surface area contributed by atoms with Crippen molar-refractivity contribution in [3.63, 3.8) is 0 Å². The third-order valence-electron chi connectivity index (χ3n) is 8.44. The van der Waals surface area contributed by atoms with Crippen molar-refractivity contribution in [3.8, 4) is 11.5 Å². The van der Waals surface area contributed by atoms with Gasteiger partial charge in [0.25, 0.3) is 32.1 Å². The molecule has 0 aliphatic carbocycles. The highest BCUT2D eigenvalue weighted by Gasteiger charge is 2.20. The maximum atomic E-state index is 12.9. The van der Waals surface area contributed by atoms with Crippen molar-refractivity contribution >= 4 is 82.4 Å². The average molecular weight is 771 g/mol. The van der Waals surface area contributed by atoms with Crippen LogP contribution in [0, 0.1) is 13.8 Å². The maximum absolute atomic E-state index is 12.9. The lowest BCUT2D eigenvalue weighted by atomic mass is 10.1. The summed E-state index contributed by atoms with van der Waals surface area (Å²) in [6, 6.07) is 22.9. The molecule has 54 heavy (non-hydrogen) atoms. The van der Waals surface area contributed by atoms with E-state index < -0.39 is 59.4 Å². The Morgan fingerprint density at radius 2 is 0.852 bits per heavy atom. The fraction of sp³-hybridized carbons (Fsp3) is 0.0541. The predicted molar refractivity (Wildman–Crippen MR) is 200 cm³/mol. The summed E-state index contributed by atoms with van der Waals surface area (Å²) in [5.74, 6) is -2.67. The number of aromatic hydroxyl groups is 2. The minimum atomic E-state index is -4.61. The van der Waals surface area contributed by atoms with Crippen molar-refractivity contribution in [2.75, 3.05) is 10.6 Å². The van der Waals surface area contributed by atoms with E-state index in [0.717, 1.165) is 12.1 Å². The van der Waals surface area contributed by atoms with Gasteiger partial charge in [0, 0.05) is 44.6 Å². The summed E-state index contributed by atoms with van der Waals surface area (Å²) >= 11 is 0. The highest BCUT2D eigenvalue weighted by Crippen LogP contribution is 2.35. The van der Waals surface area contributed by atoms with E-state index in [-0.39, 0.29) is 21.9 Å². The molecule has 0 aliphatic rings. The molecule has 0 heterocycles. The topological polar surface area (TPSA) is 249 Å². The number of benzene rings is 6. The van der Waals surface area contributed by atoms with E-state index >= 15 is 0 Å². The molecule has 17 heteroatoms. The van der Waals surface area contributed by atoms with Gasteiger partial charge in [0.15, 0.2) is 0 Å². The van der Waals surface area contributed by atoms with E-state index in [2.05, 4.69) is 21.3 Å². The van der Waals surface area contributed by atoms with Crippen LogP contribution in [0.2, 0.25) is 0 Å². The Labute approximate surface area is 307 Å². The molecule has 276 valence electrons. The van der Waals surface area contributed by atoms with Gasteiger partial charge >= 0.3 is 6.03 Å². The first-order valence-electron chi connectivity index (χ1n) is 15.8. The van der Waals surface area contributed by atoms with Gasteiger partial charge in [-0.1, -0.05) is 12.1 Å². The molecular formula is C37H30N4O11S2. The van der Waals surface area contributed by atoms with E-state index in [1.165, 1.54) is 36.4 Å². The predicted octanol–water partition coefficient (Wildman–Crippen LogP) is 6.28. The molecule has 0 unspecified atom stereocenters. The lowest BCUT2D eigenvalue weighted by molar-refractivity contribution is 0.0944. The summed E-state index contributed by atoms with van der Waals surface area (Å²) in [5, 5.41) is 32.6. The Morgan fingerprint density at radius 1 is 0.500 bits per heavy atom. The summed E-state index contributed by atoms with van der Waals surface area (Å²) in [6.45, 7) is 3.30. The number of amides is 4. The number of imide groups is 2. The number of phenols is 2. The van der Waals surface area contributed by atoms with Gasteiger partial charge in [-0.05, 0) is 121 Å². The minimum Gasteiger partial charge on any atom is -0.506 e. The maximum Gasteiger partial charge on any atom is 0.328 e. The second-order valence-electron chi connectivity index (χ2n) is 12.2. The quantitative estimate of drug-likeness (QED) is 0.0795. The van der Waals surface area contributed by atoms with E-state index in [1.54, 1.807) is 62.4 Å². The van der Waals surface area contributed by atoms with Gasteiger partial charge in [0.05, 0.1) is 0 Å². The number of phenolic OH excluding ortho intramolecular Hbond substituents is 2. The number of fused-ring (bicyclic) bond motifs is 2. The molecule has 0 atom stereocenters. The molecule has 15 nitrogen and oxygen atoms in total. The van der Waals surface area contributed by atoms with Gasteiger partial charge in [0.1, 0.15) is 21.3 Å². The molecule has 0 aromatic heterocycles. The molecular weight excluding hydrogens is 741 g/mol. The number of carbonyl (C=O) groups is 3. The van der Waals surface area contributed by atoms with Crippen LogP contribution in [-0.4, -0.2) is 54.0 Å². The smallest absolute Gasteiger partial charge is 0.328 e. The van der Waals surface area contributed by atoms with Crippen molar-refractivity contribution in [1.29, 1.82) is 0 Å². The molecule has 8 N–H and O–H groups in total. The van der Waals surface area contributed by atoms with Crippen molar-refractivity contribution in [3.05, 3.63) is 119 Å². The molecule has 0 aliphatic heterocycles. The molecule has 0 fully saturated rings. The fourth-order valence-electron chi connectivity index (χ4n) is 5.86. The number of rotatable bonds is 8. The molecule has 0 radical (unpaired) electrons. The number of hydrogen-bond donors (Lipinski definition) is 8. The first-order chi connectivity index (χ1) is 25.4. The fourth-order valence-corrected chi connectivity index (χ4v) is 7.05. The third kappa shape index (κ3) is 7.79. The Hall–Kier alpha value is -6.53. The van der Waals surface area contributed by atoms with Gasteiger partial charge in [-0.15, -0.1) is 0 Å². The van der Waals surface area contributed by atoms with Crippen molar-refractivity contribution in [2.24, 2.45) is 0 Å². The molecule has 0 bridgehead atoms. The highest BCUT2D eigenvalue weighted by molar-refractivity contribution is 7.86. The van der Waals surface area contributed by atoms with Gasteiger partial charge in [-0.2, -0.15) is 16.8 Å². The molecule has 6 aromatic rings. The first kappa shape index (κ1) is 37.2. The average Bonchev–Trinajstić information content (AvgIpc) is 3.07. The molecule has 0 saturated heterocycles. The van der Waals surface area contributed by atoms with Gasteiger partial charge < -0.3 is 20.8 Å². The third-order valence-corrected chi connectivity index (χ3v) is 10.2. The largest absolute Gasteiger partial charge is 0.506 e. The van der Waals surface area contributed by atoms with Crippen LogP contribution in [0.15, 0.2) is 107 Å². The van der Waals surface area contributed by atoms with Crippen LogP contribution in [-0.2, 0) is 20.2 Å². The van der Waals surface area contributed by atoms with Crippen LogP contribution in [0.4, 0.5) is 27.5 Å². The second-order valence-corrected chi connectivity index (χ2v) is 15.0. The zero-order valence-electron chi connectivity index (χ0n) is 28.2. The Kier molecular flexibility index (Phi) is 9.74. The lowest BCUT2D eigenvalue weighted by Crippen LogP contribution is -2.42. The van der Waals surface area contributed by atoms with Crippen LogP contribution in [0.1, 0.15) is 31.8 Å².